The van der Waals surface area contributed by atoms with Crippen LogP contribution in [0.5, 0.6) is 0 Å². The third kappa shape index (κ3) is 4.17. The van der Waals surface area contributed by atoms with Crippen LogP contribution in [0.25, 0.3) is 11.2 Å². The molecule has 2 saturated heterocycles. The first-order valence-corrected chi connectivity index (χ1v) is 11.7. The van der Waals surface area contributed by atoms with E-state index < -0.39 is 11.2 Å². The molecule has 12 heteroatoms. The first-order chi connectivity index (χ1) is 16.4. The Morgan fingerprint density at radius 1 is 1.15 bits per heavy atom. The highest BCUT2D eigenvalue weighted by molar-refractivity contribution is 5.79. The van der Waals surface area contributed by atoms with Gasteiger partial charge in [-0.15, -0.1) is 0 Å². The molecule has 1 unspecified atom stereocenters. The molecule has 5 rings (SSSR count). The molecule has 12 nitrogen and oxygen atoms in total. The Morgan fingerprint density at radius 2 is 1.94 bits per heavy atom. The Labute approximate surface area is 195 Å². The number of hydrogen-bond donors (Lipinski definition) is 0. The lowest BCUT2D eigenvalue weighted by atomic mass is 9.94. The zero-order chi connectivity index (χ0) is 23.8. The summed E-state index contributed by atoms with van der Waals surface area (Å²) in [6.07, 6.45) is 5.77. The van der Waals surface area contributed by atoms with Gasteiger partial charge in [-0.2, -0.15) is 4.98 Å². The zero-order valence-electron chi connectivity index (χ0n) is 19.5. The van der Waals surface area contributed by atoms with Crippen molar-refractivity contribution in [3.63, 3.8) is 0 Å². The third-order valence-corrected chi connectivity index (χ3v) is 6.93. The van der Waals surface area contributed by atoms with Crippen molar-refractivity contribution in [2.45, 2.75) is 44.6 Å². The number of likely N-dealkylation sites (tertiary alicyclic amines) is 1. The van der Waals surface area contributed by atoms with E-state index in [4.69, 9.17) is 9.26 Å². The van der Waals surface area contributed by atoms with Gasteiger partial charge in [0.25, 0.3) is 5.56 Å². The highest BCUT2D eigenvalue weighted by Crippen LogP contribution is 2.26. The van der Waals surface area contributed by atoms with Gasteiger partial charge in [0.05, 0.1) is 6.33 Å². The number of carbonyl (C=O) groups is 1. The maximum atomic E-state index is 13.1. The lowest BCUT2D eigenvalue weighted by molar-refractivity contribution is -0.133. The first-order valence-electron chi connectivity index (χ1n) is 11.7. The molecule has 1 amide bonds. The molecule has 3 aromatic rings. The van der Waals surface area contributed by atoms with Gasteiger partial charge in [-0.3, -0.25) is 18.7 Å². The van der Waals surface area contributed by atoms with Crippen molar-refractivity contribution < 1.29 is 14.1 Å². The summed E-state index contributed by atoms with van der Waals surface area (Å²) >= 11 is 0. The van der Waals surface area contributed by atoms with Crippen molar-refractivity contribution in [1.29, 1.82) is 0 Å². The summed E-state index contributed by atoms with van der Waals surface area (Å²) in [6, 6.07) is 0. The van der Waals surface area contributed by atoms with E-state index in [1.54, 1.807) is 7.05 Å². The van der Waals surface area contributed by atoms with Crippen LogP contribution >= 0.6 is 0 Å². The van der Waals surface area contributed by atoms with E-state index in [0.29, 0.717) is 25.4 Å². The summed E-state index contributed by atoms with van der Waals surface area (Å²) in [4.78, 5) is 48.5. The average Bonchev–Trinajstić information content (AvgIpc) is 3.49. The molecule has 0 N–H and O–H groups in total. The lowest BCUT2D eigenvalue weighted by Gasteiger charge is -2.32. The second-order valence-electron chi connectivity index (χ2n) is 9.24. The molecule has 0 aliphatic carbocycles. The number of piperidine rings is 1. The van der Waals surface area contributed by atoms with E-state index >= 15 is 0 Å². The molecule has 0 saturated carbocycles. The maximum Gasteiger partial charge on any atom is 0.332 e. The summed E-state index contributed by atoms with van der Waals surface area (Å²) < 4.78 is 14.8. The highest BCUT2D eigenvalue weighted by atomic mass is 16.5. The minimum absolute atomic E-state index is 0.00881. The van der Waals surface area contributed by atoms with Crippen molar-refractivity contribution in [3.05, 3.63) is 38.9 Å². The Morgan fingerprint density at radius 3 is 2.74 bits per heavy atom. The normalized spacial score (nSPS) is 19.7. The third-order valence-electron chi connectivity index (χ3n) is 6.93. The van der Waals surface area contributed by atoms with Gasteiger partial charge in [-0.1, -0.05) is 5.16 Å². The lowest BCUT2D eigenvalue weighted by Crippen LogP contribution is -2.42. The fourth-order valence-corrected chi connectivity index (χ4v) is 4.94. The molecule has 0 spiro atoms. The van der Waals surface area contributed by atoms with Gasteiger partial charge in [0.2, 0.25) is 11.8 Å². The molecule has 182 valence electrons. The molecule has 0 bridgehead atoms. The molecule has 0 aromatic carbocycles. The molecule has 5 heterocycles. The summed E-state index contributed by atoms with van der Waals surface area (Å²) in [5.41, 5.74) is -0.391. The van der Waals surface area contributed by atoms with Crippen LogP contribution < -0.4 is 11.2 Å². The minimum Gasteiger partial charge on any atom is -0.381 e. The van der Waals surface area contributed by atoms with Crippen LogP contribution in [0.2, 0.25) is 0 Å². The molecule has 3 aromatic heterocycles. The van der Waals surface area contributed by atoms with Crippen LogP contribution in [0.3, 0.4) is 0 Å². The van der Waals surface area contributed by atoms with Crippen LogP contribution in [-0.4, -0.2) is 65.9 Å². The Balaban J connectivity index is 1.26. The molecular formula is C22H29N7O5. The van der Waals surface area contributed by atoms with Crippen molar-refractivity contribution in [1.82, 2.24) is 33.7 Å². The molecule has 2 aliphatic rings. The smallest absolute Gasteiger partial charge is 0.332 e. The number of carbonyl (C=O) groups excluding carboxylic acids is 1. The fourth-order valence-electron chi connectivity index (χ4n) is 4.94. The number of nitrogens with zero attached hydrogens (tertiary/aromatic N) is 7. The van der Waals surface area contributed by atoms with Crippen LogP contribution in [-0.2, 0) is 36.6 Å². The second kappa shape index (κ2) is 9.16. The van der Waals surface area contributed by atoms with E-state index in [9.17, 15) is 14.4 Å². The van der Waals surface area contributed by atoms with Gasteiger partial charge in [-0.25, -0.2) is 9.78 Å². The zero-order valence-corrected chi connectivity index (χ0v) is 19.5. The Kier molecular flexibility index (Phi) is 6.07. The minimum atomic E-state index is -0.461. The SMILES string of the molecule is Cn1c(=O)c2c(ncn2CC(=O)N2CCCC(Cc3nc(C4CCOCC4)no3)C2)n(C)c1=O. The van der Waals surface area contributed by atoms with E-state index in [-0.39, 0.29) is 35.5 Å². The second-order valence-corrected chi connectivity index (χ2v) is 9.24. The van der Waals surface area contributed by atoms with Gasteiger partial charge in [0.15, 0.2) is 17.0 Å². The quantitative estimate of drug-likeness (QED) is 0.516. The molecule has 2 aliphatic heterocycles. The van der Waals surface area contributed by atoms with Gasteiger partial charge in [-0.05, 0) is 31.6 Å². The van der Waals surface area contributed by atoms with Crippen LogP contribution in [0.15, 0.2) is 20.4 Å². The number of aryl methyl sites for hydroxylation is 1. The summed E-state index contributed by atoms with van der Waals surface area (Å²) in [6.45, 7) is 2.70. The van der Waals surface area contributed by atoms with Crippen molar-refractivity contribution in [2.24, 2.45) is 20.0 Å². The van der Waals surface area contributed by atoms with Crippen molar-refractivity contribution in [3.8, 4) is 0 Å². The number of aromatic nitrogens is 6. The van der Waals surface area contributed by atoms with Crippen LogP contribution in [0.1, 0.15) is 43.3 Å². The van der Waals surface area contributed by atoms with E-state index in [2.05, 4.69) is 15.1 Å². The molecule has 0 radical (unpaired) electrons. The number of fused-ring (bicyclic) bond motifs is 1. The largest absolute Gasteiger partial charge is 0.381 e. The topological polar surface area (TPSA) is 130 Å². The van der Waals surface area contributed by atoms with Crippen LogP contribution in [0, 0.1) is 5.92 Å². The van der Waals surface area contributed by atoms with Gasteiger partial charge in [0.1, 0.15) is 6.54 Å². The molecular weight excluding hydrogens is 442 g/mol. The Hall–Kier alpha value is -3.28. The van der Waals surface area contributed by atoms with Gasteiger partial charge < -0.3 is 18.7 Å². The number of ether oxygens (including phenoxy) is 1. The van der Waals surface area contributed by atoms with E-state index in [1.807, 2.05) is 4.90 Å². The standard InChI is InChI=1S/C22H29N7O5/c1-26-20-18(21(31)27(2)22(26)32)29(13-23-20)12-17(30)28-7-3-4-14(11-28)10-16-24-19(25-34-16)15-5-8-33-9-6-15/h13-15H,3-12H2,1-2H3. The fraction of sp³-hybridized carbons (Fsp3) is 0.636. The number of amides is 1. The molecule has 34 heavy (non-hydrogen) atoms. The van der Waals surface area contributed by atoms with E-state index in [1.165, 1.54) is 22.5 Å². The van der Waals surface area contributed by atoms with Crippen molar-refractivity contribution in [2.75, 3.05) is 26.3 Å². The number of imidazole rings is 1. The van der Waals surface area contributed by atoms with Crippen molar-refractivity contribution >= 4 is 17.1 Å². The monoisotopic (exact) mass is 471 g/mol. The molecule has 1 atom stereocenters. The summed E-state index contributed by atoms with van der Waals surface area (Å²) in [5.74, 6) is 1.80. The van der Waals surface area contributed by atoms with Gasteiger partial charge >= 0.3 is 5.69 Å². The summed E-state index contributed by atoms with van der Waals surface area (Å²) in [7, 11) is 2.98. The maximum absolute atomic E-state index is 13.1. The highest BCUT2D eigenvalue weighted by Gasteiger charge is 2.27. The molecule has 2 fully saturated rings. The predicted molar refractivity (Wildman–Crippen MR) is 120 cm³/mol. The number of hydrogen-bond acceptors (Lipinski definition) is 8. The first kappa shape index (κ1) is 22.5. The Bertz CT molecular complexity index is 1310. The average molecular weight is 472 g/mol. The number of rotatable bonds is 5. The van der Waals surface area contributed by atoms with E-state index in [0.717, 1.165) is 49.3 Å². The summed E-state index contributed by atoms with van der Waals surface area (Å²) in [5, 5.41) is 4.18. The predicted octanol–water partition coefficient (Wildman–Crippen LogP) is 0.192. The van der Waals surface area contributed by atoms with Crippen LogP contribution in [0.4, 0.5) is 0 Å². The van der Waals surface area contributed by atoms with Gasteiger partial charge in [0, 0.05) is 52.7 Å².